The molecule has 1 aromatic rings. The first kappa shape index (κ1) is 15.3. The molecule has 0 aliphatic rings. The van der Waals surface area contributed by atoms with Crippen LogP contribution in [0, 0.1) is 5.92 Å². The summed E-state index contributed by atoms with van der Waals surface area (Å²) in [4.78, 5) is 11.6. The van der Waals surface area contributed by atoms with Crippen molar-refractivity contribution in [1.82, 2.24) is 5.32 Å². The SMILES string of the molecule is COc1cccc(Cl)c1CNC(=O)C(Br)C(C)C. The molecule has 0 heterocycles. The Balaban J connectivity index is 2.72. The van der Waals surface area contributed by atoms with Crippen molar-refractivity contribution in [1.29, 1.82) is 0 Å². The summed E-state index contributed by atoms with van der Waals surface area (Å²) in [6.45, 7) is 4.32. The maximum absolute atomic E-state index is 11.8. The molecular formula is C13H17BrClNO2. The molecule has 18 heavy (non-hydrogen) atoms. The van der Waals surface area contributed by atoms with Crippen molar-refractivity contribution in [3.8, 4) is 5.75 Å². The van der Waals surface area contributed by atoms with Gasteiger partial charge in [0.25, 0.3) is 0 Å². The molecule has 1 N–H and O–H groups in total. The molecule has 0 fully saturated rings. The fraction of sp³-hybridized carbons (Fsp3) is 0.462. The average molecular weight is 335 g/mol. The zero-order valence-corrected chi connectivity index (χ0v) is 13.0. The van der Waals surface area contributed by atoms with Crippen molar-refractivity contribution < 1.29 is 9.53 Å². The molecule has 0 aliphatic carbocycles. The van der Waals surface area contributed by atoms with E-state index in [1.54, 1.807) is 13.2 Å². The van der Waals surface area contributed by atoms with Crippen LogP contribution in [0.1, 0.15) is 19.4 Å². The first-order chi connectivity index (χ1) is 8.47. The predicted octanol–water partition coefficient (Wildman–Crippen LogP) is 3.38. The minimum absolute atomic E-state index is 0.0491. The van der Waals surface area contributed by atoms with Gasteiger partial charge in [0.1, 0.15) is 5.75 Å². The van der Waals surface area contributed by atoms with Gasteiger partial charge in [0.05, 0.1) is 11.9 Å². The first-order valence-electron chi connectivity index (χ1n) is 5.70. The van der Waals surface area contributed by atoms with Crippen LogP contribution < -0.4 is 10.1 Å². The number of alkyl halides is 1. The second-order valence-corrected chi connectivity index (χ2v) is 5.68. The molecule has 1 atom stereocenters. The van der Waals surface area contributed by atoms with Crippen LogP contribution in [0.4, 0.5) is 0 Å². The van der Waals surface area contributed by atoms with Crippen LogP contribution in [-0.2, 0) is 11.3 Å². The van der Waals surface area contributed by atoms with Crippen LogP contribution in [0.25, 0.3) is 0 Å². The largest absolute Gasteiger partial charge is 0.496 e. The standard InChI is InChI=1S/C13H17BrClNO2/c1-8(2)12(14)13(17)16-7-9-10(15)5-4-6-11(9)18-3/h4-6,8,12H,7H2,1-3H3,(H,16,17). The van der Waals surface area contributed by atoms with E-state index in [9.17, 15) is 4.79 Å². The zero-order chi connectivity index (χ0) is 13.7. The normalized spacial score (nSPS) is 12.3. The molecule has 0 aliphatic heterocycles. The summed E-state index contributed by atoms with van der Waals surface area (Å²) in [5.41, 5.74) is 0.790. The van der Waals surface area contributed by atoms with E-state index in [1.165, 1.54) is 0 Å². The van der Waals surface area contributed by atoms with Gasteiger partial charge < -0.3 is 10.1 Å². The lowest BCUT2D eigenvalue weighted by Crippen LogP contribution is -2.33. The van der Waals surface area contributed by atoms with Crippen LogP contribution in [0.5, 0.6) is 5.75 Å². The number of nitrogens with one attached hydrogen (secondary N) is 1. The quantitative estimate of drug-likeness (QED) is 0.838. The number of amides is 1. The van der Waals surface area contributed by atoms with Gasteiger partial charge in [-0.05, 0) is 18.1 Å². The molecular weight excluding hydrogens is 318 g/mol. The molecule has 0 bridgehead atoms. The van der Waals surface area contributed by atoms with E-state index >= 15 is 0 Å². The van der Waals surface area contributed by atoms with Gasteiger partial charge >= 0.3 is 0 Å². The van der Waals surface area contributed by atoms with E-state index < -0.39 is 0 Å². The Morgan fingerprint density at radius 2 is 2.17 bits per heavy atom. The fourth-order valence-electron chi connectivity index (χ4n) is 1.48. The van der Waals surface area contributed by atoms with Crippen molar-refractivity contribution in [2.45, 2.75) is 25.2 Å². The summed E-state index contributed by atoms with van der Waals surface area (Å²) in [6.07, 6.45) is 0. The summed E-state index contributed by atoms with van der Waals surface area (Å²) in [5.74, 6) is 0.864. The second kappa shape index (κ2) is 7.00. The molecule has 3 nitrogen and oxygen atoms in total. The molecule has 0 saturated heterocycles. The highest BCUT2D eigenvalue weighted by molar-refractivity contribution is 9.10. The topological polar surface area (TPSA) is 38.3 Å². The predicted molar refractivity (Wildman–Crippen MR) is 77.4 cm³/mol. The minimum atomic E-state index is -0.203. The van der Waals surface area contributed by atoms with Crippen LogP contribution in [0.3, 0.4) is 0 Å². The second-order valence-electron chi connectivity index (χ2n) is 4.28. The van der Waals surface area contributed by atoms with Gasteiger partial charge in [-0.1, -0.05) is 47.4 Å². The van der Waals surface area contributed by atoms with E-state index in [1.807, 2.05) is 26.0 Å². The number of ether oxygens (including phenoxy) is 1. The zero-order valence-electron chi connectivity index (χ0n) is 10.7. The molecule has 1 rings (SSSR count). The third-order valence-electron chi connectivity index (χ3n) is 2.57. The van der Waals surface area contributed by atoms with E-state index in [0.29, 0.717) is 17.3 Å². The Kier molecular flexibility index (Phi) is 5.96. The smallest absolute Gasteiger partial charge is 0.234 e. The summed E-state index contributed by atoms with van der Waals surface area (Å²) >= 11 is 9.45. The van der Waals surface area contributed by atoms with Crippen LogP contribution in [0.2, 0.25) is 5.02 Å². The number of halogens is 2. The summed E-state index contributed by atoms with van der Waals surface area (Å²) < 4.78 is 5.22. The van der Waals surface area contributed by atoms with E-state index in [2.05, 4.69) is 21.2 Å². The van der Waals surface area contributed by atoms with Crippen LogP contribution >= 0.6 is 27.5 Å². The van der Waals surface area contributed by atoms with Crippen molar-refractivity contribution in [3.63, 3.8) is 0 Å². The summed E-state index contributed by atoms with van der Waals surface area (Å²) in [6, 6.07) is 5.41. The molecule has 1 amide bonds. The van der Waals surface area contributed by atoms with E-state index in [0.717, 1.165) is 5.56 Å². The maximum atomic E-state index is 11.8. The monoisotopic (exact) mass is 333 g/mol. The number of methoxy groups -OCH3 is 1. The Morgan fingerprint density at radius 1 is 1.50 bits per heavy atom. The highest BCUT2D eigenvalue weighted by Crippen LogP contribution is 2.26. The molecule has 0 aromatic heterocycles. The Hall–Kier alpha value is -0.740. The Morgan fingerprint density at radius 3 is 2.72 bits per heavy atom. The van der Waals surface area contributed by atoms with Crippen molar-refractivity contribution >= 4 is 33.4 Å². The maximum Gasteiger partial charge on any atom is 0.234 e. The number of carbonyl (C=O) groups is 1. The fourth-order valence-corrected chi connectivity index (χ4v) is 1.87. The lowest BCUT2D eigenvalue weighted by atomic mass is 10.1. The highest BCUT2D eigenvalue weighted by Gasteiger charge is 2.19. The van der Waals surface area contributed by atoms with Crippen molar-refractivity contribution in [2.75, 3.05) is 7.11 Å². The van der Waals surface area contributed by atoms with Gasteiger partial charge in [0.15, 0.2) is 0 Å². The van der Waals surface area contributed by atoms with Crippen molar-refractivity contribution in [3.05, 3.63) is 28.8 Å². The number of benzene rings is 1. The minimum Gasteiger partial charge on any atom is -0.496 e. The van der Waals surface area contributed by atoms with Crippen LogP contribution in [0.15, 0.2) is 18.2 Å². The third-order valence-corrected chi connectivity index (χ3v) is 4.40. The summed E-state index contributed by atoms with van der Waals surface area (Å²) in [5, 5.41) is 3.43. The average Bonchev–Trinajstić information content (AvgIpc) is 2.35. The van der Waals surface area contributed by atoms with Crippen molar-refractivity contribution in [2.24, 2.45) is 5.92 Å². The number of hydrogen-bond acceptors (Lipinski definition) is 2. The van der Waals surface area contributed by atoms with Gasteiger partial charge in [-0.25, -0.2) is 0 Å². The number of hydrogen-bond donors (Lipinski definition) is 1. The lowest BCUT2D eigenvalue weighted by Gasteiger charge is -2.15. The van der Waals surface area contributed by atoms with E-state index in [-0.39, 0.29) is 16.7 Å². The van der Waals surface area contributed by atoms with Gasteiger partial charge in [0.2, 0.25) is 5.91 Å². The first-order valence-corrected chi connectivity index (χ1v) is 7.00. The number of carbonyl (C=O) groups excluding carboxylic acids is 1. The molecule has 0 spiro atoms. The molecule has 1 aromatic carbocycles. The molecule has 0 radical (unpaired) electrons. The number of rotatable bonds is 5. The van der Waals surface area contributed by atoms with Gasteiger partial charge in [-0.15, -0.1) is 0 Å². The molecule has 1 unspecified atom stereocenters. The molecule has 5 heteroatoms. The lowest BCUT2D eigenvalue weighted by molar-refractivity contribution is -0.121. The van der Waals surface area contributed by atoms with Gasteiger partial charge in [0, 0.05) is 17.1 Å². The molecule has 100 valence electrons. The third kappa shape index (κ3) is 3.89. The van der Waals surface area contributed by atoms with E-state index in [4.69, 9.17) is 16.3 Å². The highest BCUT2D eigenvalue weighted by atomic mass is 79.9. The Labute approximate surface area is 121 Å². The summed E-state index contributed by atoms with van der Waals surface area (Å²) in [7, 11) is 1.58. The Bertz CT molecular complexity index is 423. The van der Waals surface area contributed by atoms with Crippen LogP contribution in [-0.4, -0.2) is 17.8 Å². The molecule has 0 saturated carbocycles. The van der Waals surface area contributed by atoms with Gasteiger partial charge in [-0.2, -0.15) is 0 Å². The van der Waals surface area contributed by atoms with Gasteiger partial charge in [-0.3, -0.25) is 4.79 Å².